The van der Waals surface area contributed by atoms with Gasteiger partial charge in [0.1, 0.15) is 0 Å². The third kappa shape index (κ3) is 4.66. The van der Waals surface area contributed by atoms with Gasteiger partial charge in [0.05, 0.1) is 17.4 Å². The highest BCUT2D eigenvalue weighted by molar-refractivity contribution is 7.71. The smallest absolute Gasteiger partial charge is 0.262 e. The van der Waals surface area contributed by atoms with Crippen LogP contribution in [0.4, 0.5) is 0 Å². The lowest BCUT2D eigenvalue weighted by molar-refractivity contribution is -0.121. The maximum atomic E-state index is 12.4. The molecule has 0 aliphatic rings. The molecule has 0 bridgehead atoms. The predicted octanol–water partition coefficient (Wildman–Crippen LogP) is 1.89. The van der Waals surface area contributed by atoms with E-state index in [0.717, 1.165) is 0 Å². The summed E-state index contributed by atoms with van der Waals surface area (Å²) in [7, 11) is 0. The van der Waals surface area contributed by atoms with Crippen molar-refractivity contribution in [2.45, 2.75) is 32.9 Å². The number of rotatable bonds is 5. The first-order chi connectivity index (χ1) is 12.1. The summed E-state index contributed by atoms with van der Waals surface area (Å²) in [6.07, 6.45) is 1.58. The summed E-state index contributed by atoms with van der Waals surface area (Å²) in [5.41, 5.74) is 0.171. The highest BCUT2D eigenvalue weighted by Gasteiger charge is 2.15. The van der Waals surface area contributed by atoms with Crippen molar-refractivity contribution >= 4 is 34.9 Å². The van der Waals surface area contributed by atoms with Crippen LogP contribution >= 0.6 is 12.2 Å². The lowest BCUT2D eigenvalue weighted by Gasteiger charge is -2.20. The van der Waals surface area contributed by atoms with Crippen LogP contribution in [-0.4, -0.2) is 33.4 Å². The van der Waals surface area contributed by atoms with Crippen LogP contribution in [0.5, 0.6) is 0 Å². The van der Waals surface area contributed by atoms with Gasteiger partial charge in [0.25, 0.3) is 11.5 Å². The summed E-state index contributed by atoms with van der Waals surface area (Å²) in [4.78, 5) is 39.5. The van der Waals surface area contributed by atoms with E-state index in [9.17, 15) is 14.4 Å². The molecule has 1 aromatic heterocycles. The highest BCUT2D eigenvalue weighted by Crippen LogP contribution is 2.11. The van der Waals surface area contributed by atoms with Gasteiger partial charge in [-0.25, -0.2) is 0 Å². The van der Waals surface area contributed by atoms with Crippen molar-refractivity contribution in [2.24, 2.45) is 0 Å². The summed E-state index contributed by atoms with van der Waals surface area (Å²) in [5, 5.41) is 5.74. The van der Waals surface area contributed by atoms with E-state index in [0.29, 0.717) is 23.0 Å². The maximum absolute atomic E-state index is 12.4. The number of hydrogen-bond donors (Lipinski definition) is 3. The average molecular weight is 374 g/mol. The number of aromatic nitrogens is 2. The van der Waals surface area contributed by atoms with Crippen LogP contribution in [0.3, 0.4) is 0 Å². The molecule has 138 valence electrons. The minimum Gasteiger partial charge on any atom is -0.350 e. The second kappa shape index (κ2) is 7.65. The molecule has 0 saturated heterocycles. The lowest BCUT2D eigenvalue weighted by atomic mass is 10.1. The van der Waals surface area contributed by atoms with Crippen molar-refractivity contribution in [1.29, 1.82) is 0 Å². The Bertz CT molecular complexity index is 983. The van der Waals surface area contributed by atoms with E-state index < -0.39 is 5.91 Å². The van der Waals surface area contributed by atoms with Gasteiger partial charge < -0.3 is 15.6 Å². The Labute approximate surface area is 156 Å². The van der Waals surface area contributed by atoms with Crippen LogP contribution in [0.25, 0.3) is 10.9 Å². The number of aromatic amines is 1. The molecule has 2 aromatic rings. The molecule has 0 aliphatic heterocycles. The van der Waals surface area contributed by atoms with E-state index in [1.807, 2.05) is 20.8 Å². The number of fused-ring (bicyclic) bond motifs is 1. The Balaban J connectivity index is 2.23. The highest BCUT2D eigenvalue weighted by atomic mass is 32.1. The summed E-state index contributed by atoms with van der Waals surface area (Å²) in [5.74, 6) is -0.691. The molecule has 0 unspecified atom stereocenters. The third-order valence-corrected chi connectivity index (χ3v) is 3.80. The van der Waals surface area contributed by atoms with Gasteiger partial charge in [-0.2, -0.15) is 0 Å². The SMILES string of the molecule is C=CCn1c(=S)[nH]c2cc(C(=O)NCC(=O)NC(C)(C)C)ccc2c1=O. The Morgan fingerprint density at radius 2 is 2.04 bits per heavy atom. The molecule has 26 heavy (non-hydrogen) atoms. The van der Waals surface area contributed by atoms with Gasteiger partial charge in [0, 0.05) is 17.6 Å². The molecule has 0 atom stereocenters. The first kappa shape index (κ1) is 19.6. The first-order valence-electron chi connectivity index (χ1n) is 8.09. The minimum absolute atomic E-state index is 0.134. The van der Waals surface area contributed by atoms with E-state index in [1.54, 1.807) is 18.2 Å². The van der Waals surface area contributed by atoms with Gasteiger partial charge in [-0.05, 0) is 51.2 Å². The zero-order chi connectivity index (χ0) is 19.5. The van der Waals surface area contributed by atoms with Crippen LogP contribution in [0.2, 0.25) is 0 Å². The van der Waals surface area contributed by atoms with Crippen LogP contribution in [0.15, 0.2) is 35.6 Å². The molecule has 1 heterocycles. The fourth-order valence-electron chi connectivity index (χ4n) is 2.42. The number of amides is 2. The monoisotopic (exact) mass is 374 g/mol. The van der Waals surface area contributed by atoms with Gasteiger partial charge in [-0.3, -0.25) is 19.0 Å². The molecular formula is C18H22N4O3S. The zero-order valence-corrected chi connectivity index (χ0v) is 15.8. The van der Waals surface area contributed by atoms with Gasteiger partial charge in [-0.15, -0.1) is 6.58 Å². The number of hydrogen-bond acceptors (Lipinski definition) is 4. The van der Waals surface area contributed by atoms with Crippen molar-refractivity contribution < 1.29 is 9.59 Å². The van der Waals surface area contributed by atoms with Gasteiger partial charge in [-0.1, -0.05) is 6.08 Å². The number of carbonyl (C=O) groups is 2. The van der Waals surface area contributed by atoms with E-state index in [1.165, 1.54) is 10.6 Å². The van der Waals surface area contributed by atoms with Crippen molar-refractivity contribution in [1.82, 2.24) is 20.2 Å². The molecule has 0 fully saturated rings. The van der Waals surface area contributed by atoms with Crippen LogP contribution < -0.4 is 16.2 Å². The summed E-state index contributed by atoms with van der Waals surface area (Å²) in [6, 6.07) is 4.64. The van der Waals surface area contributed by atoms with Gasteiger partial charge in [0.15, 0.2) is 4.77 Å². The van der Waals surface area contributed by atoms with Crippen LogP contribution in [0, 0.1) is 4.77 Å². The number of nitrogens with one attached hydrogen (secondary N) is 3. The molecule has 2 rings (SSSR count). The Kier molecular flexibility index (Phi) is 5.76. The Morgan fingerprint density at radius 3 is 2.65 bits per heavy atom. The number of allylic oxidation sites excluding steroid dienone is 1. The van der Waals surface area contributed by atoms with E-state index in [2.05, 4.69) is 22.2 Å². The summed E-state index contributed by atoms with van der Waals surface area (Å²) in [6.45, 7) is 9.35. The molecule has 8 heteroatoms. The predicted molar refractivity (Wildman–Crippen MR) is 104 cm³/mol. The second-order valence-electron chi connectivity index (χ2n) is 6.88. The zero-order valence-electron chi connectivity index (χ0n) is 15.0. The van der Waals surface area contributed by atoms with Crippen LogP contribution in [0.1, 0.15) is 31.1 Å². The second-order valence-corrected chi connectivity index (χ2v) is 7.26. The molecule has 1 aromatic carbocycles. The number of nitrogens with zero attached hydrogens (tertiary/aromatic N) is 1. The quantitative estimate of drug-likeness (QED) is 0.550. The maximum Gasteiger partial charge on any atom is 0.262 e. The third-order valence-electron chi connectivity index (χ3n) is 3.48. The van der Waals surface area contributed by atoms with Crippen molar-refractivity contribution in [3.8, 4) is 0 Å². The lowest BCUT2D eigenvalue weighted by Crippen LogP contribution is -2.45. The number of carbonyl (C=O) groups excluding carboxylic acids is 2. The Morgan fingerprint density at radius 1 is 1.35 bits per heavy atom. The van der Waals surface area contributed by atoms with E-state index >= 15 is 0 Å². The Hall–Kier alpha value is -2.74. The average Bonchev–Trinajstić information content (AvgIpc) is 2.54. The molecule has 0 aliphatic carbocycles. The standard InChI is InChI=1S/C18H22N4O3S/c1-5-8-22-16(25)12-7-6-11(9-13(12)20-17(22)26)15(24)19-10-14(23)21-18(2,3)4/h5-7,9H,1,8,10H2,2-4H3,(H,19,24)(H,20,26)(H,21,23). The molecular weight excluding hydrogens is 352 g/mol. The number of H-pyrrole nitrogens is 1. The molecule has 0 spiro atoms. The minimum atomic E-state index is -0.412. The van der Waals surface area contributed by atoms with Crippen molar-refractivity contribution in [2.75, 3.05) is 6.54 Å². The van der Waals surface area contributed by atoms with Gasteiger partial charge in [0.2, 0.25) is 5.91 Å². The molecule has 3 N–H and O–H groups in total. The van der Waals surface area contributed by atoms with E-state index in [4.69, 9.17) is 12.2 Å². The molecule has 0 saturated carbocycles. The van der Waals surface area contributed by atoms with Crippen molar-refractivity contribution in [3.63, 3.8) is 0 Å². The van der Waals surface area contributed by atoms with Crippen molar-refractivity contribution in [3.05, 3.63) is 51.5 Å². The van der Waals surface area contributed by atoms with Gasteiger partial charge >= 0.3 is 0 Å². The largest absolute Gasteiger partial charge is 0.350 e. The number of benzene rings is 1. The van der Waals surface area contributed by atoms with E-state index in [-0.39, 0.29) is 28.3 Å². The molecule has 7 nitrogen and oxygen atoms in total. The first-order valence-corrected chi connectivity index (χ1v) is 8.50. The van der Waals surface area contributed by atoms with Crippen LogP contribution in [-0.2, 0) is 11.3 Å². The fraction of sp³-hybridized carbons (Fsp3) is 0.333. The fourth-order valence-corrected chi connectivity index (χ4v) is 2.68. The molecule has 0 radical (unpaired) electrons. The topological polar surface area (TPSA) is 96.0 Å². The summed E-state index contributed by atoms with van der Waals surface area (Å²) >= 11 is 5.18. The summed E-state index contributed by atoms with van der Waals surface area (Å²) < 4.78 is 1.64. The normalized spacial score (nSPS) is 11.2. The molecule has 2 amide bonds.